The van der Waals surface area contributed by atoms with Gasteiger partial charge in [0.25, 0.3) is 0 Å². The number of benzene rings is 9. The first-order valence-electron chi connectivity index (χ1n) is 20.5. The van der Waals surface area contributed by atoms with Gasteiger partial charge in [-0.15, -0.1) is 0 Å². The lowest BCUT2D eigenvalue weighted by Gasteiger charge is -2.27. The van der Waals surface area contributed by atoms with E-state index >= 15 is 0 Å². The lowest BCUT2D eigenvalue weighted by Crippen LogP contribution is -2.20. The molecule has 0 amide bonds. The van der Waals surface area contributed by atoms with E-state index in [2.05, 4.69) is 206 Å². The van der Waals surface area contributed by atoms with Crippen molar-refractivity contribution in [2.24, 2.45) is 0 Å². The molecule has 57 heavy (non-hydrogen) atoms. The van der Waals surface area contributed by atoms with Gasteiger partial charge in [0.1, 0.15) is 0 Å². The Morgan fingerprint density at radius 2 is 0.842 bits per heavy atom. The molecular weight excluding hydrogens is 685 g/mol. The van der Waals surface area contributed by atoms with Gasteiger partial charge in [-0.05, 0) is 124 Å². The molecule has 2 aliphatic rings. The van der Waals surface area contributed by atoms with Gasteiger partial charge < -0.3 is 0 Å². The molecule has 11 rings (SSSR count). The second kappa shape index (κ2) is 13.8. The predicted molar refractivity (Wildman–Crippen MR) is 242 cm³/mol. The highest BCUT2D eigenvalue weighted by Gasteiger charge is 2.44. The van der Waals surface area contributed by atoms with E-state index in [0.29, 0.717) is 0 Å². The monoisotopic (exact) mass is 726 g/mol. The maximum atomic E-state index is 2.55. The van der Waals surface area contributed by atoms with Crippen LogP contribution >= 0.6 is 0 Å². The van der Waals surface area contributed by atoms with Crippen molar-refractivity contribution in [1.82, 2.24) is 0 Å². The van der Waals surface area contributed by atoms with E-state index in [1.807, 2.05) is 0 Å². The third-order valence-electron chi connectivity index (χ3n) is 12.8. The molecule has 9 aromatic rings. The Morgan fingerprint density at radius 3 is 1.46 bits per heavy atom. The lowest BCUT2D eigenvalue weighted by molar-refractivity contribution is 0.550. The van der Waals surface area contributed by atoms with Gasteiger partial charge >= 0.3 is 0 Å². The average molecular weight is 727 g/mol. The molecule has 0 saturated heterocycles. The van der Waals surface area contributed by atoms with Crippen molar-refractivity contribution in [2.75, 3.05) is 0 Å². The number of rotatable bonds is 6. The molecule has 0 bridgehead atoms. The summed E-state index contributed by atoms with van der Waals surface area (Å²) in [6, 6.07) is 74.3. The number of fused-ring (bicyclic) bond motifs is 7. The van der Waals surface area contributed by atoms with Crippen molar-refractivity contribution in [1.29, 1.82) is 0 Å². The molecule has 0 unspecified atom stereocenters. The summed E-state index contributed by atoms with van der Waals surface area (Å²) >= 11 is 0. The SMILES string of the molecule is C(=C(c1ccccc1)c1ccccc1)c1ccc(-c2c3ccccc3c(-c3ccccc3-c3ccc4c(c3)C3(CCCC3)c3ccccc3-4)c3ccccc23)cc1. The zero-order chi connectivity index (χ0) is 37.8. The van der Waals surface area contributed by atoms with Gasteiger partial charge in [-0.25, -0.2) is 0 Å². The molecule has 2 aliphatic carbocycles. The van der Waals surface area contributed by atoms with Crippen LogP contribution in [0.25, 0.3) is 77.7 Å². The third kappa shape index (κ3) is 5.51. The lowest BCUT2D eigenvalue weighted by atomic mass is 9.76. The zero-order valence-corrected chi connectivity index (χ0v) is 32.0. The van der Waals surface area contributed by atoms with E-state index in [1.54, 1.807) is 0 Å². The fourth-order valence-corrected chi connectivity index (χ4v) is 10.3. The van der Waals surface area contributed by atoms with E-state index in [1.165, 1.54) is 125 Å². The maximum Gasteiger partial charge on any atom is 0.0215 e. The van der Waals surface area contributed by atoms with Gasteiger partial charge in [0, 0.05) is 5.41 Å². The Balaban J connectivity index is 1.06. The molecule has 0 nitrogen and oxygen atoms in total. The van der Waals surface area contributed by atoms with Crippen molar-refractivity contribution in [3.63, 3.8) is 0 Å². The predicted octanol–water partition coefficient (Wildman–Crippen LogP) is 15.4. The molecule has 0 atom stereocenters. The third-order valence-corrected chi connectivity index (χ3v) is 12.8. The molecule has 1 fully saturated rings. The molecule has 0 N–H and O–H groups in total. The summed E-state index contributed by atoms with van der Waals surface area (Å²) in [5, 5.41) is 5.10. The van der Waals surface area contributed by atoms with E-state index in [-0.39, 0.29) is 5.41 Å². The maximum absolute atomic E-state index is 2.55. The summed E-state index contributed by atoms with van der Waals surface area (Å²) in [4.78, 5) is 0. The van der Waals surface area contributed by atoms with Crippen LogP contribution in [-0.4, -0.2) is 0 Å². The van der Waals surface area contributed by atoms with Crippen molar-refractivity contribution in [3.8, 4) is 44.5 Å². The Kier molecular flexibility index (Phi) is 8.11. The van der Waals surface area contributed by atoms with E-state index in [9.17, 15) is 0 Å². The molecule has 0 radical (unpaired) electrons. The zero-order valence-electron chi connectivity index (χ0n) is 32.0. The van der Waals surface area contributed by atoms with Gasteiger partial charge in [0.2, 0.25) is 0 Å². The highest BCUT2D eigenvalue weighted by molar-refractivity contribution is 6.22. The van der Waals surface area contributed by atoms with Gasteiger partial charge in [-0.3, -0.25) is 0 Å². The largest absolute Gasteiger partial charge is 0.0622 e. The molecule has 0 heterocycles. The normalized spacial score (nSPS) is 13.8. The van der Waals surface area contributed by atoms with Crippen LogP contribution in [0.15, 0.2) is 200 Å². The Hall–Kier alpha value is -6.76. The van der Waals surface area contributed by atoms with Crippen molar-refractivity contribution < 1.29 is 0 Å². The van der Waals surface area contributed by atoms with Crippen LogP contribution in [0.3, 0.4) is 0 Å². The summed E-state index contributed by atoms with van der Waals surface area (Å²) in [5.41, 5.74) is 18.5. The Labute approximate surface area is 335 Å². The van der Waals surface area contributed by atoms with E-state index in [0.717, 1.165) is 0 Å². The summed E-state index contributed by atoms with van der Waals surface area (Å²) in [7, 11) is 0. The minimum Gasteiger partial charge on any atom is -0.0622 e. The average Bonchev–Trinajstić information content (AvgIpc) is 3.89. The molecule has 0 aliphatic heterocycles. The molecule has 0 aromatic heterocycles. The Bertz CT molecular complexity index is 2880. The molecule has 1 spiro atoms. The van der Waals surface area contributed by atoms with Crippen LogP contribution in [0.4, 0.5) is 0 Å². The summed E-state index contributed by atoms with van der Waals surface area (Å²) in [6.45, 7) is 0. The van der Waals surface area contributed by atoms with Gasteiger partial charge in [-0.1, -0.05) is 207 Å². The van der Waals surface area contributed by atoms with Crippen LogP contribution in [0, 0.1) is 0 Å². The van der Waals surface area contributed by atoms with E-state index in [4.69, 9.17) is 0 Å². The van der Waals surface area contributed by atoms with Crippen molar-refractivity contribution in [3.05, 3.63) is 228 Å². The minimum atomic E-state index is 0.133. The number of hydrogen-bond acceptors (Lipinski definition) is 0. The first-order valence-corrected chi connectivity index (χ1v) is 20.5. The fraction of sp³-hybridized carbons (Fsp3) is 0.0877. The topological polar surface area (TPSA) is 0 Å². The van der Waals surface area contributed by atoms with Crippen LogP contribution in [-0.2, 0) is 5.41 Å². The second-order valence-electron chi connectivity index (χ2n) is 15.9. The van der Waals surface area contributed by atoms with Crippen LogP contribution < -0.4 is 0 Å². The van der Waals surface area contributed by atoms with Crippen molar-refractivity contribution >= 4 is 33.2 Å². The van der Waals surface area contributed by atoms with Crippen LogP contribution in [0.5, 0.6) is 0 Å². The molecule has 1 saturated carbocycles. The molecule has 0 heteroatoms. The minimum absolute atomic E-state index is 0.133. The fourth-order valence-electron chi connectivity index (χ4n) is 10.3. The first-order chi connectivity index (χ1) is 28.3. The summed E-state index contributed by atoms with van der Waals surface area (Å²) < 4.78 is 0. The smallest absolute Gasteiger partial charge is 0.0215 e. The Morgan fingerprint density at radius 1 is 0.368 bits per heavy atom. The summed E-state index contributed by atoms with van der Waals surface area (Å²) in [5.74, 6) is 0. The van der Waals surface area contributed by atoms with Crippen molar-refractivity contribution in [2.45, 2.75) is 31.1 Å². The molecular formula is C57H42. The first kappa shape index (κ1) is 33.6. The highest BCUT2D eigenvalue weighted by Crippen LogP contribution is 2.57. The molecule has 270 valence electrons. The summed E-state index contributed by atoms with van der Waals surface area (Å²) in [6.07, 6.45) is 7.37. The van der Waals surface area contributed by atoms with E-state index < -0.39 is 0 Å². The van der Waals surface area contributed by atoms with Gasteiger partial charge in [-0.2, -0.15) is 0 Å². The number of hydrogen-bond donors (Lipinski definition) is 0. The van der Waals surface area contributed by atoms with Gasteiger partial charge in [0.15, 0.2) is 0 Å². The van der Waals surface area contributed by atoms with Crippen LogP contribution in [0.1, 0.15) is 53.5 Å². The van der Waals surface area contributed by atoms with Gasteiger partial charge in [0.05, 0.1) is 0 Å². The standard InChI is InChI=1S/C57H42/c1-3-17-40(18-4-1)52(41-19-5-2-6-20-41)37-39-29-31-42(32-30-39)55-48-24-9-11-26-50(48)56(51-27-12-10-25-49(51)55)47-23-8-7-21-44(47)43-33-34-46-45-22-13-14-28-53(45)57(54(46)38-43)35-15-16-36-57/h1-14,17-34,37-38H,15-16,35-36H2. The van der Waals surface area contributed by atoms with Crippen LogP contribution in [0.2, 0.25) is 0 Å². The highest BCUT2D eigenvalue weighted by atomic mass is 14.5. The molecule has 9 aromatic carbocycles. The quantitative estimate of drug-likeness (QED) is 0.118. The second-order valence-corrected chi connectivity index (χ2v) is 15.9.